The van der Waals surface area contributed by atoms with Crippen LogP contribution in [-0.4, -0.2) is 29.9 Å². The van der Waals surface area contributed by atoms with Crippen molar-refractivity contribution in [1.29, 1.82) is 0 Å². The molecular weight excluding hydrogens is 336 g/mol. The van der Waals surface area contributed by atoms with Crippen molar-refractivity contribution in [2.75, 3.05) is 23.5 Å². The van der Waals surface area contributed by atoms with Crippen LogP contribution in [-0.2, 0) is 9.59 Å². The molecule has 0 spiro atoms. The van der Waals surface area contributed by atoms with E-state index in [1.165, 1.54) is 11.8 Å². The zero-order chi connectivity index (χ0) is 18.2. The Morgan fingerprint density at radius 2 is 1.76 bits per heavy atom. The maximum Gasteiger partial charge on any atom is 0.237 e. The van der Waals surface area contributed by atoms with Gasteiger partial charge in [-0.05, 0) is 38.1 Å². The minimum absolute atomic E-state index is 0.134. The molecule has 0 radical (unpaired) electrons. The van der Waals surface area contributed by atoms with E-state index in [2.05, 4.69) is 10.6 Å². The van der Waals surface area contributed by atoms with Crippen molar-refractivity contribution in [1.82, 2.24) is 0 Å². The van der Waals surface area contributed by atoms with Crippen LogP contribution in [0.15, 0.2) is 48.5 Å². The second-order valence-electron chi connectivity index (χ2n) is 5.56. The average Bonchev–Trinajstić information content (AvgIpc) is 2.62. The van der Waals surface area contributed by atoms with Gasteiger partial charge in [-0.3, -0.25) is 9.59 Å². The molecular formula is C19H22N2O3S. The van der Waals surface area contributed by atoms with Crippen molar-refractivity contribution in [3.05, 3.63) is 54.1 Å². The highest BCUT2D eigenvalue weighted by molar-refractivity contribution is 8.01. The minimum Gasteiger partial charge on any atom is -0.495 e. The Balaban J connectivity index is 1.82. The molecule has 0 fully saturated rings. The van der Waals surface area contributed by atoms with Gasteiger partial charge in [-0.1, -0.05) is 29.8 Å². The Bertz CT molecular complexity index is 732. The van der Waals surface area contributed by atoms with E-state index in [0.717, 1.165) is 11.3 Å². The molecule has 2 aromatic carbocycles. The van der Waals surface area contributed by atoms with Crippen LogP contribution in [0.5, 0.6) is 5.75 Å². The maximum atomic E-state index is 12.3. The molecule has 2 N–H and O–H groups in total. The number of ether oxygens (including phenoxy) is 1. The van der Waals surface area contributed by atoms with Gasteiger partial charge in [0.2, 0.25) is 11.8 Å². The van der Waals surface area contributed by atoms with Gasteiger partial charge in [-0.2, -0.15) is 0 Å². The van der Waals surface area contributed by atoms with Crippen LogP contribution in [0.3, 0.4) is 0 Å². The molecule has 25 heavy (non-hydrogen) atoms. The third-order valence-electron chi connectivity index (χ3n) is 3.53. The lowest BCUT2D eigenvalue weighted by Gasteiger charge is -2.14. The first-order valence-corrected chi connectivity index (χ1v) is 8.96. The first-order valence-electron chi connectivity index (χ1n) is 7.91. The fourth-order valence-electron chi connectivity index (χ4n) is 2.09. The highest BCUT2D eigenvalue weighted by Gasteiger charge is 2.16. The van der Waals surface area contributed by atoms with E-state index in [1.54, 1.807) is 26.2 Å². The standard InChI is InChI=1S/C19H22N2O3S/c1-13-8-10-15(11-9-13)20-18(22)12-25-14(2)19(23)21-16-6-4-5-7-17(16)24-3/h4-11,14H,12H2,1-3H3,(H,20,22)(H,21,23). The van der Waals surface area contributed by atoms with Crippen LogP contribution < -0.4 is 15.4 Å². The zero-order valence-corrected chi connectivity index (χ0v) is 15.4. The van der Waals surface area contributed by atoms with E-state index in [1.807, 2.05) is 43.3 Å². The third kappa shape index (κ3) is 5.83. The monoisotopic (exact) mass is 358 g/mol. The molecule has 1 atom stereocenters. The van der Waals surface area contributed by atoms with Gasteiger partial charge in [0.1, 0.15) is 5.75 Å². The van der Waals surface area contributed by atoms with Crippen molar-refractivity contribution < 1.29 is 14.3 Å². The number of methoxy groups -OCH3 is 1. The molecule has 1 unspecified atom stereocenters. The summed E-state index contributed by atoms with van der Waals surface area (Å²) < 4.78 is 5.21. The number of thioether (sulfide) groups is 1. The molecule has 2 aromatic rings. The predicted octanol–water partition coefficient (Wildman–Crippen LogP) is 3.70. The number of anilines is 2. The number of benzene rings is 2. The van der Waals surface area contributed by atoms with Gasteiger partial charge in [-0.15, -0.1) is 11.8 Å². The largest absolute Gasteiger partial charge is 0.495 e. The molecule has 2 rings (SSSR count). The first kappa shape index (κ1) is 18.9. The number of carbonyl (C=O) groups is 2. The van der Waals surface area contributed by atoms with E-state index in [0.29, 0.717) is 11.4 Å². The Labute approximate surface area is 152 Å². The van der Waals surface area contributed by atoms with E-state index in [-0.39, 0.29) is 22.8 Å². The summed E-state index contributed by atoms with van der Waals surface area (Å²) in [4.78, 5) is 24.3. The van der Waals surface area contributed by atoms with Gasteiger partial charge in [-0.25, -0.2) is 0 Å². The van der Waals surface area contributed by atoms with Crippen molar-refractivity contribution >= 4 is 35.0 Å². The molecule has 0 heterocycles. The van der Waals surface area contributed by atoms with Gasteiger partial charge in [0.05, 0.1) is 23.8 Å². The van der Waals surface area contributed by atoms with Gasteiger partial charge >= 0.3 is 0 Å². The lowest BCUT2D eigenvalue weighted by Crippen LogP contribution is -2.25. The van der Waals surface area contributed by atoms with Crippen LogP contribution in [0.25, 0.3) is 0 Å². The summed E-state index contributed by atoms with van der Waals surface area (Å²) in [7, 11) is 1.55. The van der Waals surface area contributed by atoms with Crippen LogP contribution in [0.4, 0.5) is 11.4 Å². The Kier molecular flexibility index (Phi) is 6.89. The molecule has 0 bridgehead atoms. The lowest BCUT2D eigenvalue weighted by molar-refractivity contribution is -0.115. The molecule has 2 amide bonds. The molecule has 6 heteroatoms. The van der Waals surface area contributed by atoms with Crippen molar-refractivity contribution in [2.45, 2.75) is 19.1 Å². The summed E-state index contributed by atoms with van der Waals surface area (Å²) in [6.45, 7) is 3.76. The number of hydrogen-bond acceptors (Lipinski definition) is 4. The summed E-state index contributed by atoms with van der Waals surface area (Å²) >= 11 is 1.28. The SMILES string of the molecule is COc1ccccc1NC(=O)C(C)SCC(=O)Nc1ccc(C)cc1. The van der Waals surface area contributed by atoms with Crippen molar-refractivity contribution in [3.63, 3.8) is 0 Å². The molecule has 0 aromatic heterocycles. The van der Waals surface area contributed by atoms with Crippen LogP contribution >= 0.6 is 11.8 Å². The molecule has 0 aliphatic carbocycles. The number of nitrogens with one attached hydrogen (secondary N) is 2. The number of amides is 2. The average molecular weight is 358 g/mol. The number of hydrogen-bond donors (Lipinski definition) is 2. The normalized spacial score (nSPS) is 11.5. The van der Waals surface area contributed by atoms with Gasteiger partial charge < -0.3 is 15.4 Å². The highest BCUT2D eigenvalue weighted by atomic mass is 32.2. The van der Waals surface area contributed by atoms with Gasteiger partial charge in [0.15, 0.2) is 0 Å². The Hall–Kier alpha value is -2.47. The number of aryl methyl sites for hydroxylation is 1. The minimum atomic E-state index is -0.367. The summed E-state index contributed by atoms with van der Waals surface area (Å²) in [6.07, 6.45) is 0. The second kappa shape index (κ2) is 9.13. The van der Waals surface area contributed by atoms with Crippen LogP contribution in [0.2, 0.25) is 0 Å². The smallest absolute Gasteiger partial charge is 0.237 e. The third-order valence-corrected chi connectivity index (χ3v) is 4.68. The maximum absolute atomic E-state index is 12.3. The number of carbonyl (C=O) groups excluding carboxylic acids is 2. The Morgan fingerprint density at radius 1 is 1.08 bits per heavy atom. The van der Waals surface area contributed by atoms with Crippen LogP contribution in [0.1, 0.15) is 12.5 Å². The summed E-state index contributed by atoms with van der Waals surface area (Å²) in [6, 6.07) is 14.8. The second-order valence-corrected chi connectivity index (χ2v) is 6.89. The highest BCUT2D eigenvalue weighted by Crippen LogP contribution is 2.24. The fourth-order valence-corrected chi connectivity index (χ4v) is 2.78. The molecule has 0 saturated carbocycles. The molecule has 0 aliphatic rings. The molecule has 5 nitrogen and oxygen atoms in total. The van der Waals surface area contributed by atoms with E-state index >= 15 is 0 Å². The number of rotatable bonds is 7. The lowest BCUT2D eigenvalue weighted by atomic mass is 10.2. The first-order chi connectivity index (χ1) is 12.0. The predicted molar refractivity (Wildman–Crippen MR) is 103 cm³/mol. The van der Waals surface area contributed by atoms with E-state index < -0.39 is 0 Å². The van der Waals surface area contributed by atoms with Crippen molar-refractivity contribution in [3.8, 4) is 5.75 Å². The Morgan fingerprint density at radius 3 is 2.44 bits per heavy atom. The molecule has 0 aliphatic heterocycles. The summed E-state index contributed by atoms with van der Waals surface area (Å²) in [5.41, 5.74) is 2.50. The quantitative estimate of drug-likeness (QED) is 0.792. The fraction of sp³-hybridized carbons (Fsp3) is 0.263. The van der Waals surface area contributed by atoms with Gasteiger partial charge in [0.25, 0.3) is 0 Å². The van der Waals surface area contributed by atoms with Gasteiger partial charge in [0, 0.05) is 5.69 Å². The molecule has 0 saturated heterocycles. The molecule has 132 valence electrons. The van der Waals surface area contributed by atoms with E-state index in [9.17, 15) is 9.59 Å². The van der Waals surface area contributed by atoms with Crippen molar-refractivity contribution in [2.24, 2.45) is 0 Å². The summed E-state index contributed by atoms with van der Waals surface area (Å²) in [5.74, 6) is 0.502. The number of para-hydroxylation sites is 2. The summed E-state index contributed by atoms with van der Waals surface area (Å²) in [5, 5.41) is 5.28. The zero-order valence-electron chi connectivity index (χ0n) is 14.5. The van der Waals surface area contributed by atoms with Crippen LogP contribution in [0, 0.1) is 6.92 Å². The van der Waals surface area contributed by atoms with E-state index in [4.69, 9.17) is 4.74 Å². The topological polar surface area (TPSA) is 67.4 Å².